The molecule has 0 aliphatic rings. The predicted octanol–water partition coefficient (Wildman–Crippen LogP) is 1.51. The second kappa shape index (κ2) is 6.37. The molecule has 3 nitrogen and oxygen atoms in total. The van der Waals surface area contributed by atoms with Crippen LogP contribution in [0.25, 0.3) is 0 Å². The first-order valence-electron chi connectivity index (χ1n) is 3.42. The molecule has 0 saturated carbocycles. The first-order chi connectivity index (χ1) is 5.72. The van der Waals surface area contributed by atoms with Crippen LogP contribution in [-0.4, -0.2) is 12.5 Å². The highest BCUT2D eigenvalue weighted by molar-refractivity contribution is 9.10. The number of amides is 1. The van der Waals surface area contributed by atoms with Crippen LogP contribution in [0.5, 0.6) is 0 Å². The quantitative estimate of drug-likeness (QED) is 0.884. The largest absolute Gasteiger partial charge is 0.350 e. The van der Waals surface area contributed by atoms with Gasteiger partial charge in [0, 0.05) is 14.7 Å². The van der Waals surface area contributed by atoms with Crippen LogP contribution in [-0.2, 0) is 11.3 Å². The molecule has 6 heteroatoms. The van der Waals surface area contributed by atoms with E-state index >= 15 is 0 Å². The highest BCUT2D eigenvalue weighted by atomic mass is 79.9. The Bertz CT molecular complexity index is 279. The van der Waals surface area contributed by atoms with Crippen molar-refractivity contribution >= 4 is 45.6 Å². The Kier molecular flexibility index (Phi) is 6.32. The van der Waals surface area contributed by atoms with Gasteiger partial charge >= 0.3 is 0 Å². The molecule has 1 heterocycles. The Labute approximate surface area is 95.2 Å². The summed E-state index contributed by atoms with van der Waals surface area (Å²) in [6.45, 7) is 0.610. The smallest absolute Gasteiger partial charge is 0.234 e. The van der Waals surface area contributed by atoms with Gasteiger partial charge < -0.3 is 11.1 Å². The SMILES string of the molecule is Cl.NCC(=O)NCc1cc(Br)cs1. The van der Waals surface area contributed by atoms with Crippen LogP contribution in [0, 0.1) is 0 Å². The molecule has 1 amide bonds. The van der Waals surface area contributed by atoms with Gasteiger partial charge in [0.05, 0.1) is 13.1 Å². The van der Waals surface area contributed by atoms with E-state index < -0.39 is 0 Å². The molecule has 1 aromatic rings. The number of hydrogen-bond acceptors (Lipinski definition) is 3. The molecule has 74 valence electrons. The van der Waals surface area contributed by atoms with Crippen molar-refractivity contribution in [1.29, 1.82) is 0 Å². The zero-order valence-corrected chi connectivity index (χ0v) is 9.97. The molecule has 13 heavy (non-hydrogen) atoms. The molecule has 0 fully saturated rings. The van der Waals surface area contributed by atoms with E-state index in [0.29, 0.717) is 6.54 Å². The van der Waals surface area contributed by atoms with E-state index in [1.165, 1.54) is 0 Å². The summed E-state index contributed by atoms with van der Waals surface area (Å²) in [6.07, 6.45) is 0. The third-order valence-corrected chi connectivity index (χ3v) is 2.96. The van der Waals surface area contributed by atoms with Crippen molar-refractivity contribution in [2.24, 2.45) is 5.73 Å². The minimum Gasteiger partial charge on any atom is -0.350 e. The minimum absolute atomic E-state index is 0. The molecule has 0 aromatic carbocycles. The lowest BCUT2D eigenvalue weighted by molar-refractivity contribution is -0.119. The summed E-state index contributed by atoms with van der Waals surface area (Å²) >= 11 is 4.93. The van der Waals surface area contributed by atoms with Gasteiger partial charge in [-0.2, -0.15) is 0 Å². The summed E-state index contributed by atoms with van der Waals surface area (Å²) in [5.41, 5.74) is 5.12. The van der Waals surface area contributed by atoms with Gasteiger partial charge in [-0.1, -0.05) is 0 Å². The standard InChI is InChI=1S/C7H9BrN2OS.ClH/c8-5-1-6(12-4-5)3-10-7(11)2-9;/h1,4H,2-3,9H2,(H,10,11);1H. The number of carbonyl (C=O) groups excluding carboxylic acids is 1. The van der Waals surface area contributed by atoms with E-state index in [0.717, 1.165) is 9.35 Å². The van der Waals surface area contributed by atoms with Gasteiger partial charge in [-0.05, 0) is 22.0 Å². The predicted molar refractivity (Wildman–Crippen MR) is 60.2 cm³/mol. The van der Waals surface area contributed by atoms with Crippen molar-refractivity contribution in [3.8, 4) is 0 Å². The topological polar surface area (TPSA) is 55.1 Å². The average Bonchev–Trinajstić information content (AvgIpc) is 2.47. The average molecular weight is 286 g/mol. The van der Waals surface area contributed by atoms with E-state index in [2.05, 4.69) is 21.2 Å². The third-order valence-electron chi connectivity index (χ3n) is 1.27. The van der Waals surface area contributed by atoms with Crippen molar-refractivity contribution in [1.82, 2.24) is 5.32 Å². The summed E-state index contributed by atoms with van der Waals surface area (Å²) in [7, 11) is 0. The summed E-state index contributed by atoms with van der Waals surface area (Å²) in [5.74, 6) is -0.125. The number of nitrogens with one attached hydrogen (secondary N) is 1. The van der Waals surface area contributed by atoms with Crippen molar-refractivity contribution in [3.63, 3.8) is 0 Å². The fraction of sp³-hybridized carbons (Fsp3) is 0.286. The van der Waals surface area contributed by atoms with Crippen molar-refractivity contribution < 1.29 is 4.79 Å². The van der Waals surface area contributed by atoms with Gasteiger partial charge in [-0.25, -0.2) is 0 Å². The lowest BCUT2D eigenvalue weighted by Crippen LogP contribution is -2.29. The number of thiophene rings is 1. The van der Waals surface area contributed by atoms with Crippen molar-refractivity contribution in [3.05, 3.63) is 20.8 Å². The molecule has 0 bridgehead atoms. The maximum absolute atomic E-state index is 10.7. The van der Waals surface area contributed by atoms with Crippen LogP contribution in [0.15, 0.2) is 15.9 Å². The summed E-state index contributed by atoms with van der Waals surface area (Å²) in [5, 5.41) is 4.66. The molecule has 0 saturated heterocycles. The normalized spacial score (nSPS) is 9.08. The molecular weight excluding hydrogens is 276 g/mol. The highest BCUT2D eigenvalue weighted by Crippen LogP contribution is 2.19. The summed E-state index contributed by atoms with van der Waals surface area (Å²) in [4.78, 5) is 11.9. The van der Waals surface area contributed by atoms with Crippen LogP contribution >= 0.6 is 39.7 Å². The van der Waals surface area contributed by atoms with Gasteiger partial charge in [0.2, 0.25) is 5.91 Å². The van der Waals surface area contributed by atoms with Gasteiger partial charge in [0.1, 0.15) is 0 Å². The maximum Gasteiger partial charge on any atom is 0.234 e. The second-order valence-electron chi connectivity index (χ2n) is 2.21. The van der Waals surface area contributed by atoms with Gasteiger partial charge in [-0.3, -0.25) is 4.79 Å². The molecule has 1 aromatic heterocycles. The number of rotatable bonds is 3. The van der Waals surface area contributed by atoms with Gasteiger partial charge in [0.25, 0.3) is 0 Å². The van der Waals surface area contributed by atoms with Gasteiger partial charge in [-0.15, -0.1) is 23.7 Å². The molecule has 3 N–H and O–H groups in total. The van der Waals surface area contributed by atoms with E-state index in [9.17, 15) is 4.79 Å². The number of hydrogen-bond donors (Lipinski definition) is 2. The fourth-order valence-corrected chi connectivity index (χ4v) is 2.10. The Hall–Kier alpha value is -0.100. The Balaban J connectivity index is 0.00000144. The maximum atomic E-state index is 10.7. The van der Waals surface area contributed by atoms with Crippen LogP contribution in [0.1, 0.15) is 4.88 Å². The molecule has 0 unspecified atom stereocenters. The van der Waals surface area contributed by atoms with Crippen LogP contribution in [0.4, 0.5) is 0 Å². The fourth-order valence-electron chi connectivity index (χ4n) is 0.704. The lowest BCUT2D eigenvalue weighted by Gasteiger charge is -1.99. The van der Waals surface area contributed by atoms with E-state index in [1.54, 1.807) is 11.3 Å². The van der Waals surface area contributed by atoms with Crippen LogP contribution in [0.3, 0.4) is 0 Å². The molecular formula is C7H10BrClN2OS. The third kappa shape index (κ3) is 4.61. The Morgan fingerprint density at radius 2 is 2.38 bits per heavy atom. The molecule has 0 radical (unpaired) electrons. The molecule has 0 spiro atoms. The van der Waals surface area contributed by atoms with E-state index in [1.807, 2.05) is 11.4 Å². The number of halogens is 2. The molecule has 0 aliphatic heterocycles. The first-order valence-corrected chi connectivity index (χ1v) is 5.09. The minimum atomic E-state index is -0.125. The lowest BCUT2D eigenvalue weighted by atomic mass is 10.4. The monoisotopic (exact) mass is 284 g/mol. The Morgan fingerprint density at radius 3 is 2.85 bits per heavy atom. The number of carbonyl (C=O) groups is 1. The molecule has 1 rings (SSSR count). The van der Waals surface area contributed by atoms with E-state index in [4.69, 9.17) is 5.73 Å². The summed E-state index contributed by atoms with van der Waals surface area (Å²) in [6, 6.07) is 1.97. The zero-order valence-electron chi connectivity index (χ0n) is 6.75. The Morgan fingerprint density at radius 1 is 1.69 bits per heavy atom. The van der Waals surface area contributed by atoms with E-state index in [-0.39, 0.29) is 24.9 Å². The van der Waals surface area contributed by atoms with Crippen molar-refractivity contribution in [2.75, 3.05) is 6.54 Å². The second-order valence-corrected chi connectivity index (χ2v) is 4.12. The highest BCUT2D eigenvalue weighted by Gasteiger charge is 1.99. The van der Waals surface area contributed by atoms with Crippen molar-refractivity contribution in [2.45, 2.75) is 6.54 Å². The first kappa shape index (κ1) is 12.9. The molecule has 0 aliphatic carbocycles. The zero-order chi connectivity index (χ0) is 8.97. The molecule has 0 atom stereocenters. The van der Waals surface area contributed by atoms with Crippen LogP contribution in [0.2, 0.25) is 0 Å². The van der Waals surface area contributed by atoms with Gasteiger partial charge in [0.15, 0.2) is 0 Å². The summed E-state index contributed by atoms with van der Waals surface area (Å²) < 4.78 is 1.05. The number of nitrogens with two attached hydrogens (primary N) is 1. The van der Waals surface area contributed by atoms with Crippen LogP contribution < -0.4 is 11.1 Å².